The molecule has 0 aromatic carbocycles. The van der Waals surface area contributed by atoms with Crippen LogP contribution in [0.3, 0.4) is 0 Å². The molecule has 0 fully saturated rings. The lowest BCUT2D eigenvalue weighted by atomic mass is 10.7. The van der Waals surface area contributed by atoms with Crippen molar-refractivity contribution in [2.45, 2.75) is 0 Å². The largest absolute Gasteiger partial charge is 0.322 e. The van der Waals surface area contributed by atoms with Crippen LogP contribution in [0.4, 0.5) is 0 Å². The van der Waals surface area contributed by atoms with Crippen LogP contribution in [0.2, 0.25) is 0 Å². The van der Waals surface area contributed by atoms with Crippen LogP contribution < -0.4 is 0 Å². The lowest BCUT2D eigenvalue weighted by Gasteiger charge is -2.09. The van der Waals surface area contributed by atoms with Gasteiger partial charge >= 0.3 is 0 Å². The van der Waals surface area contributed by atoms with Gasteiger partial charge in [-0.1, -0.05) is 18.1 Å². The molecule has 0 heterocycles. The Morgan fingerprint density at radius 1 is 1.36 bits per heavy atom. The average Bonchev–Trinajstić information content (AvgIpc) is 1.88. The zero-order valence-electron chi connectivity index (χ0n) is 6.62. The summed E-state index contributed by atoms with van der Waals surface area (Å²) in [5.74, 6) is 2.42. The third-order valence-electron chi connectivity index (χ3n) is 1.30. The number of allylic oxidation sites excluding steroid dienone is 2. The van der Waals surface area contributed by atoms with Gasteiger partial charge in [0.2, 0.25) is 0 Å². The van der Waals surface area contributed by atoms with E-state index in [0.29, 0.717) is 18.5 Å². The van der Waals surface area contributed by atoms with Crippen LogP contribution in [0.1, 0.15) is 0 Å². The molecule has 1 nitrogen and oxygen atoms in total. The molecule has 0 bridgehead atoms. The highest BCUT2D eigenvalue weighted by Gasteiger charge is 2.16. The van der Waals surface area contributed by atoms with Crippen LogP contribution in [0.5, 0.6) is 0 Å². The van der Waals surface area contributed by atoms with Gasteiger partial charge < -0.3 is 4.57 Å². The smallest absolute Gasteiger partial charge is 0.106 e. The SMILES string of the molecule is C#CCP(=O)(CC=C)CC=C. The van der Waals surface area contributed by atoms with E-state index in [1.54, 1.807) is 12.2 Å². The lowest BCUT2D eigenvalue weighted by molar-refractivity contribution is 0.580. The Hall–Kier alpha value is -0.730. The third kappa shape index (κ3) is 3.86. The minimum atomic E-state index is -2.19. The summed E-state index contributed by atoms with van der Waals surface area (Å²) in [4.78, 5) is 0. The molecule has 0 rings (SSSR count). The molecule has 0 N–H and O–H groups in total. The van der Waals surface area contributed by atoms with Gasteiger partial charge in [-0.15, -0.1) is 19.6 Å². The van der Waals surface area contributed by atoms with Gasteiger partial charge in [0, 0.05) is 12.3 Å². The Morgan fingerprint density at radius 3 is 2.09 bits per heavy atom. The third-order valence-corrected chi connectivity index (χ3v) is 3.91. The van der Waals surface area contributed by atoms with E-state index in [4.69, 9.17) is 6.42 Å². The van der Waals surface area contributed by atoms with Crippen LogP contribution in [0.15, 0.2) is 25.3 Å². The molecule has 0 unspecified atom stereocenters. The summed E-state index contributed by atoms with van der Waals surface area (Å²) in [7, 11) is -2.19. The molecule has 60 valence electrons. The molecule has 0 aromatic rings. The van der Waals surface area contributed by atoms with Gasteiger partial charge in [-0.05, 0) is 0 Å². The molecule has 0 saturated heterocycles. The molecule has 0 aliphatic rings. The maximum Gasteiger partial charge on any atom is 0.106 e. The molecule has 0 amide bonds. The molecule has 0 spiro atoms. The highest BCUT2D eigenvalue weighted by molar-refractivity contribution is 7.64. The number of terminal acetylenes is 1. The second-order valence-corrected chi connectivity index (χ2v) is 5.53. The number of hydrogen-bond acceptors (Lipinski definition) is 1. The standard InChI is InChI=1S/C9H13OP/c1-4-7-11(10,8-5-2)9-6-3/h1,5-6H,2-3,7-9H2. The first-order valence-corrected chi connectivity index (χ1v) is 5.67. The topological polar surface area (TPSA) is 17.1 Å². The maximum absolute atomic E-state index is 11.7. The van der Waals surface area contributed by atoms with Gasteiger partial charge in [0.05, 0.1) is 6.16 Å². The van der Waals surface area contributed by atoms with Crippen molar-refractivity contribution in [3.8, 4) is 12.3 Å². The molecular weight excluding hydrogens is 155 g/mol. The summed E-state index contributed by atoms with van der Waals surface area (Å²) in [5, 5.41) is 0. The molecule has 0 atom stereocenters. The summed E-state index contributed by atoms with van der Waals surface area (Å²) < 4.78 is 11.7. The Kier molecular flexibility index (Phi) is 4.66. The molecule has 11 heavy (non-hydrogen) atoms. The van der Waals surface area contributed by atoms with Crippen LogP contribution in [-0.4, -0.2) is 18.5 Å². The molecule has 0 aliphatic carbocycles. The van der Waals surface area contributed by atoms with E-state index >= 15 is 0 Å². The lowest BCUT2D eigenvalue weighted by Crippen LogP contribution is -1.94. The van der Waals surface area contributed by atoms with Crippen molar-refractivity contribution in [3.63, 3.8) is 0 Å². The Bertz CT molecular complexity index is 208. The first-order chi connectivity index (χ1) is 5.18. The van der Waals surface area contributed by atoms with Crippen molar-refractivity contribution in [1.82, 2.24) is 0 Å². The zero-order chi connectivity index (χ0) is 8.74. The van der Waals surface area contributed by atoms with Gasteiger partial charge in [-0.25, -0.2) is 0 Å². The first-order valence-electron chi connectivity index (χ1n) is 3.41. The molecule has 0 saturated carbocycles. The van der Waals surface area contributed by atoms with Crippen LogP contribution in [0, 0.1) is 12.3 Å². The fraction of sp³-hybridized carbons (Fsp3) is 0.333. The minimum absolute atomic E-state index is 0.352. The van der Waals surface area contributed by atoms with Crippen molar-refractivity contribution < 1.29 is 4.57 Å². The second kappa shape index (κ2) is 4.99. The van der Waals surface area contributed by atoms with E-state index in [1.165, 1.54) is 0 Å². The Labute approximate surface area is 68.6 Å². The fourth-order valence-corrected chi connectivity index (χ4v) is 2.52. The summed E-state index contributed by atoms with van der Waals surface area (Å²) in [5.41, 5.74) is 0. The van der Waals surface area contributed by atoms with E-state index < -0.39 is 7.14 Å². The van der Waals surface area contributed by atoms with E-state index in [0.717, 1.165) is 0 Å². The molecule has 0 radical (unpaired) electrons. The quantitative estimate of drug-likeness (QED) is 0.350. The van der Waals surface area contributed by atoms with Gasteiger partial charge in [0.1, 0.15) is 7.14 Å². The summed E-state index contributed by atoms with van der Waals surface area (Å²) in [6, 6.07) is 0. The number of hydrogen-bond donors (Lipinski definition) is 0. The van der Waals surface area contributed by atoms with Crippen molar-refractivity contribution in [2.75, 3.05) is 18.5 Å². The zero-order valence-corrected chi connectivity index (χ0v) is 7.52. The van der Waals surface area contributed by atoms with Crippen molar-refractivity contribution in [1.29, 1.82) is 0 Å². The van der Waals surface area contributed by atoms with E-state index in [2.05, 4.69) is 19.1 Å². The molecule has 0 aliphatic heterocycles. The highest BCUT2D eigenvalue weighted by atomic mass is 31.2. The van der Waals surface area contributed by atoms with Crippen LogP contribution >= 0.6 is 7.14 Å². The fourth-order valence-electron chi connectivity index (χ4n) is 0.841. The van der Waals surface area contributed by atoms with Gasteiger partial charge in [-0.3, -0.25) is 0 Å². The normalized spacial score (nSPS) is 10.1. The summed E-state index contributed by atoms with van der Waals surface area (Å²) in [6.45, 7) is 7.07. The average molecular weight is 168 g/mol. The van der Waals surface area contributed by atoms with Crippen molar-refractivity contribution in [3.05, 3.63) is 25.3 Å². The van der Waals surface area contributed by atoms with Crippen LogP contribution in [-0.2, 0) is 4.57 Å². The second-order valence-electron chi connectivity index (χ2n) is 2.36. The maximum atomic E-state index is 11.7. The number of rotatable bonds is 5. The highest BCUT2D eigenvalue weighted by Crippen LogP contribution is 2.44. The monoisotopic (exact) mass is 168 g/mol. The van der Waals surface area contributed by atoms with E-state index in [-0.39, 0.29) is 0 Å². The molecule has 0 aromatic heterocycles. The Morgan fingerprint density at radius 2 is 1.82 bits per heavy atom. The van der Waals surface area contributed by atoms with Gasteiger partial charge in [-0.2, -0.15) is 0 Å². The van der Waals surface area contributed by atoms with Crippen LogP contribution in [0.25, 0.3) is 0 Å². The summed E-state index contributed by atoms with van der Waals surface area (Å²) >= 11 is 0. The van der Waals surface area contributed by atoms with Crippen molar-refractivity contribution in [2.24, 2.45) is 0 Å². The van der Waals surface area contributed by atoms with E-state index in [9.17, 15) is 4.57 Å². The predicted molar refractivity (Wildman–Crippen MR) is 51.4 cm³/mol. The minimum Gasteiger partial charge on any atom is -0.322 e. The molecular formula is C9H13OP. The van der Waals surface area contributed by atoms with Gasteiger partial charge in [0.25, 0.3) is 0 Å². The van der Waals surface area contributed by atoms with E-state index in [1.807, 2.05) is 0 Å². The van der Waals surface area contributed by atoms with Crippen molar-refractivity contribution >= 4 is 7.14 Å². The molecule has 2 heteroatoms. The first kappa shape index (κ1) is 10.3. The Balaban J connectivity index is 4.26. The summed E-state index contributed by atoms with van der Waals surface area (Å²) in [6.07, 6.45) is 9.78. The van der Waals surface area contributed by atoms with Gasteiger partial charge in [0.15, 0.2) is 0 Å². The predicted octanol–water partition coefficient (Wildman–Crippen LogP) is 2.35.